The summed E-state index contributed by atoms with van der Waals surface area (Å²) in [4.78, 5) is 31.1. The first kappa shape index (κ1) is 27.8. The van der Waals surface area contributed by atoms with Gasteiger partial charge in [-0.05, 0) is 54.3 Å². The van der Waals surface area contributed by atoms with Crippen molar-refractivity contribution in [3.8, 4) is 5.69 Å². The van der Waals surface area contributed by atoms with Crippen LogP contribution in [-0.4, -0.2) is 71.2 Å². The molecule has 1 aliphatic rings. The zero-order valence-electron chi connectivity index (χ0n) is 22.8. The summed E-state index contributed by atoms with van der Waals surface area (Å²) < 4.78 is 30.1. The number of aromatic nitrogens is 3. The van der Waals surface area contributed by atoms with E-state index in [1.54, 1.807) is 53.6 Å². The molecule has 6 rings (SSSR count). The molecule has 0 unspecified atom stereocenters. The maximum Gasteiger partial charge on any atom is 0.264 e. The van der Waals surface area contributed by atoms with E-state index >= 15 is 0 Å². The van der Waals surface area contributed by atoms with Gasteiger partial charge < -0.3 is 9.80 Å². The summed E-state index contributed by atoms with van der Waals surface area (Å²) in [5, 5.41) is 9.30. The third-order valence-corrected chi connectivity index (χ3v) is 9.97. The summed E-state index contributed by atoms with van der Waals surface area (Å²) in [5.41, 5.74) is 2.55. The van der Waals surface area contributed by atoms with E-state index in [0.717, 1.165) is 20.5 Å². The Balaban J connectivity index is 1.08. The maximum atomic E-state index is 13.4. The van der Waals surface area contributed by atoms with Crippen LogP contribution in [0.5, 0.6) is 0 Å². The standard InChI is InChI=1S/C30H28N6O4S2/c1-21-26-12-5-6-13-27(26)41-28(21)30(38)35-16-14-34(15-17-35)29(37)22-8-7-9-24(18-22)36-20-23(32-33-36)19-31-42(39,40)25-10-3-2-4-11-25/h2-13,18,20,31H,14-17,19H2,1H3. The summed E-state index contributed by atoms with van der Waals surface area (Å²) in [5.74, 6) is -0.117. The van der Waals surface area contributed by atoms with Gasteiger partial charge in [-0.2, -0.15) is 0 Å². The molecule has 1 N–H and O–H groups in total. The van der Waals surface area contributed by atoms with E-state index in [0.29, 0.717) is 43.1 Å². The van der Waals surface area contributed by atoms with Crippen molar-refractivity contribution in [2.45, 2.75) is 18.4 Å². The first-order chi connectivity index (χ1) is 20.3. The molecule has 0 saturated carbocycles. The highest BCUT2D eigenvalue weighted by Gasteiger charge is 2.28. The topological polar surface area (TPSA) is 118 Å². The van der Waals surface area contributed by atoms with Gasteiger partial charge in [0, 0.05) is 36.4 Å². The summed E-state index contributed by atoms with van der Waals surface area (Å²) in [7, 11) is -3.68. The molecule has 1 saturated heterocycles. The number of rotatable bonds is 7. The summed E-state index contributed by atoms with van der Waals surface area (Å²) in [6.45, 7) is 3.76. The number of nitrogens with one attached hydrogen (secondary N) is 1. The van der Waals surface area contributed by atoms with Crippen LogP contribution in [0.3, 0.4) is 0 Å². The molecule has 1 fully saturated rings. The fourth-order valence-corrected chi connectivity index (χ4v) is 7.15. The number of piperazine rings is 1. The van der Waals surface area contributed by atoms with Crippen molar-refractivity contribution < 1.29 is 18.0 Å². The molecule has 5 aromatic rings. The van der Waals surface area contributed by atoms with Crippen molar-refractivity contribution >= 4 is 43.3 Å². The van der Waals surface area contributed by atoms with Crippen LogP contribution in [-0.2, 0) is 16.6 Å². The van der Waals surface area contributed by atoms with Gasteiger partial charge in [0.05, 0.1) is 33.9 Å². The quantitative estimate of drug-likeness (QED) is 0.303. The summed E-state index contributed by atoms with van der Waals surface area (Å²) >= 11 is 1.52. The molecule has 10 nitrogen and oxygen atoms in total. The molecule has 3 aromatic carbocycles. The third-order valence-electron chi connectivity index (χ3n) is 7.29. The van der Waals surface area contributed by atoms with Gasteiger partial charge in [-0.1, -0.05) is 47.7 Å². The van der Waals surface area contributed by atoms with E-state index in [1.165, 1.54) is 28.2 Å². The molecule has 42 heavy (non-hydrogen) atoms. The number of fused-ring (bicyclic) bond motifs is 1. The van der Waals surface area contributed by atoms with E-state index in [1.807, 2.05) is 36.1 Å². The number of sulfonamides is 1. The fourth-order valence-electron chi connectivity index (χ4n) is 4.96. The smallest absolute Gasteiger partial charge is 0.264 e. The lowest BCUT2D eigenvalue weighted by Crippen LogP contribution is -2.50. The Morgan fingerprint density at radius 3 is 2.31 bits per heavy atom. The SMILES string of the molecule is Cc1c(C(=O)N2CCN(C(=O)c3cccc(-n4cc(CNS(=O)(=O)c5ccccc5)nn4)c3)CC2)sc2ccccc12. The highest BCUT2D eigenvalue weighted by atomic mass is 32.2. The van der Waals surface area contributed by atoms with Crippen molar-refractivity contribution in [2.75, 3.05) is 26.2 Å². The molecule has 3 heterocycles. The predicted molar refractivity (Wildman–Crippen MR) is 160 cm³/mol. The molecule has 214 valence electrons. The minimum atomic E-state index is -3.68. The largest absolute Gasteiger partial charge is 0.335 e. The van der Waals surface area contributed by atoms with Crippen molar-refractivity contribution in [2.24, 2.45) is 0 Å². The van der Waals surface area contributed by atoms with Crippen molar-refractivity contribution in [1.82, 2.24) is 29.5 Å². The second-order valence-electron chi connectivity index (χ2n) is 9.98. The molecular formula is C30H28N6O4S2. The average molecular weight is 601 g/mol. The Kier molecular flexibility index (Phi) is 7.58. The predicted octanol–water partition coefficient (Wildman–Crippen LogP) is 3.87. The van der Waals surface area contributed by atoms with Crippen molar-refractivity contribution in [1.29, 1.82) is 0 Å². The van der Waals surface area contributed by atoms with E-state index in [4.69, 9.17) is 0 Å². The number of carbonyl (C=O) groups is 2. The van der Waals surface area contributed by atoms with Crippen LogP contribution in [0, 0.1) is 6.92 Å². The van der Waals surface area contributed by atoms with Crippen LogP contribution in [0.1, 0.15) is 31.3 Å². The molecule has 2 amide bonds. The highest BCUT2D eigenvalue weighted by molar-refractivity contribution is 7.89. The van der Waals surface area contributed by atoms with Gasteiger partial charge in [-0.3, -0.25) is 9.59 Å². The van der Waals surface area contributed by atoms with E-state index in [-0.39, 0.29) is 23.3 Å². The molecule has 12 heteroatoms. The Bertz CT molecular complexity index is 1880. The molecule has 0 spiro atoms. The van der Waals surface area contributed by atoms with Gasteiger partial charge in [0.1, 0.15) is 0 Å². The zero-order chi connectivity index (χ0) is 29.3. The van der Waals surface area contributed by atoms with Crippen molar-refractivity contribution in [3.05, 3.63) is 107 Å². The maximum absolute atomic E-state index is 13.4. The Morgan fingerprint density at radius 1 is 0.881 bits per heavy atom. The molecular weight excluding hydrogens is 573 g/mol. The van der Waals surface area contributed by atoms with Gasteiger partial charge in [0.2, 0.25) is 10.0 Å². The van der Waals surface area contributed by atoms with Gasteiger partial charge >= 0.3 is 0 Å². The van der Waals surface area contributed by atoms with Crippen LogP contribution in [0.25, 0.3) is 15.8 Å². The first-order valence-corrected chi connectivity index (χ1v) is 15.7. The summed E-state index contributed by atoms with van der Waals surface area (Å²) in [6, 6.07) is 23.2. The summed E-state index contributed by atoms with van der Waals surface area (Å²) in [6.07, 6.45) is 1.62. The number of amides is 2. The van der Waals surface area contributed by atoms with Gasteiger partial charge in [0.15, 0.2) is 0 Å². The average Bonchev–Trinajstić information content (AvgIpc) is 3.65. The van der Waals surface area contributed by atoms with Crippen LogP contribution >= 0.6 is 11.3 Å². The second kappa shape index (κ2) is 11.5. The Hall–Kier alpha value is -4.39. The number of aryl methyl sites for hydroxylation is 1. The van der Waals surface area contributed by atoms with Crippen molar-refractivity contribution in [3.63, 3.8) is 0 Å². The second-order valence-corrected chi connectivity index (χ2v) is 12.8. The monoisotopic (exact) mass is 600 g/mol. The number of hydrogen-bond acceptors (Lipinski definition) is 7. The first-order valence-electron chi connectivity index (χ1n) is 13.4. The van der Waals surface area contributed by atoms with Gasteiger partial charge in [-0.15, -0.1) is 16.4 Å². The van der Waals surface area contributed by atoms with E-state index in [2.05, 4.69) is 15.0 Å². The molecule has 1 aliphatic heterocycles. The van der Waals surface area contributed by atoms with E-state index < -0.39 is 10.0 Å². The Labute approximate surface area is 247 Å². The number of carbonyl (C=O) groups excluding carboxylic acids is 2. The number of nitrogens with zero attached hydrogens (tertiary/aromatic N) is 5. The fraction of sp³-hybridized carbons (Fsp3) is 0.200. The molecule has 0 radical (unpaired) electrons. The molecule has 2 aromatic heterocycles. The molecule has 0 bridgehead atoms. The van der Waals surface area contributed by atoms with Crippen LogP contribution < -0.4 is 4.72 Å². The van der Waals surface area contributed by atoms with Crippen LogP contribution in [0.2, 0.25) is 0 Å². The minimum absolute atomic E-state index is 0.0100. The zero-order valence-corrected chi connectivity index (χ0v) is 24.4. The van der Waals surface area contributed by atoms with Crippen LogP contribution in [0.15, 0.2) is 90.0 Å². The van der Waals surface area contributed by atoms with Gasteiger partial charge in [-0.25, -0.2) is 17.8 Å². The van der Waals surface area contributed by atoms with Gasteiger partial charge in [0.25, 0.3) is 11.8 Å². The van der Waals surface area contributed by atoms with E-state index in [9.17, 15) is 18.0 Å². The van der Waals surface area contributed by atoms with Crippen LogP contribution in [0.4, 0.5) is 0 Å². The number of hydrogen-bond donors (Lipinski definition) is 1. The molecule has 0 aliphatic carbocycles. The lowest BCUT2D eigenvalue weighted by molar-refractivity contribution is 0.0538. The number of benzene rings is 3. The normalized spacial score (nSPS) is 13.9. The molecule has 0 atom stereocenters. The Morgan fingerprint density at radius 2 is 1.57 bits per heavy atom. The lowest BCUT2D eigenvalue weighted by Gasteiger charge is -2.34. The number of thiophene rings is 1. The minimum Gasteiger partial charge on any atom is -0.335 e. The lowest BCUT2D eigenvalue weighted by atomic mass is 10.1. The highest BCUT2D eigenvalue weighted by Crippen LogP contribution is 2.31. The third kappa shape index (κ3) is 5.56.